The van der Waals surface area contributed by atoms with E-state index in [0.717, 1.165) is 11.1 Å². The molecule has 0 aliphatic carbocycles. The molecule has 0 radical (unpaired) electrons. The van der Waals surface area contributed by atoms with Gasteiger partial charge in [-0.2, -0.15) is 0 Å². The Morgan fingerprint density at radius 1 is 1.29 bits per heavy atom. The zero-order chi connectivity index (χ0) is 13.2. The Morgan fingerprint density at radius 2 is 1.88 bits per heavy atom. The zero-order valence-electron chi connectivity index (χ0n) is 10.1. The molecule has 0 atom stereocenters. The summed E-state index contributed by atoms with van der Waals surface area (Å²) in [6.07, 6.45) is 0. The van der Waals surface area contributed by atoms with Crippen molar-refractivity contribution >= 4 is 17.6 Å². The number of amides is 1. The third-order valence-corrected chi connectivity index (χ3v) is 2.34. The Hall–Kier alpha value is -2.10. The molecular weight excluding hydrogens is 218 g/mol. The highest BCUT2D eigenvalue weighted by molar-refractivity contribution is 6.07. The van der Waals surface area contributed by atoms with E-state index >= 15 is 0 Å². The van der Waals surface area contributed by atoms with Gasteiger partial charge in [-0.3, -0.25) is 4.79 Å². The number of hydrogen-bond acceptors (Lipinski definition) is 2. The first kappa shape index (κ1) is 13.0. The summed E-state index contributed by atoms with van der Waals surface area (Å²) in [5.41, 5.74) is 2.32. The lowest BCUT2D eigenvalue weighted by atomic mass is 10.0. The summed E-state index contributed by atoms with van der Waals surface area (Å²) >= 11 is 0. The predicted molar refractivity (Wildman–Crippen MR) is 66.3 cm³/mol. The van der Waals surface area contributed by atoms with Crippen molar-refractivity contribution in [2.24, 2.45) is 0 Å². The largest absolute Gasteiger partial charge is 0.478 e. The molecule has 1 aromatic rings. The highest BCUT2D eigenvalue weighted by atomic mass is 16.4. The van der Waals surface area contributed by atoms with Gasteiger partial charge in [0, 0.05) is 5.57 Å². The van der Waals surface area contributed by atoms with Crippen LogP contribution < -0.4 is 5.32 Å². The number of nitrogens with one attached hydrogen (secondary N) is 1. The van der Waals surface area contributed by atoms with Gasteiger partial charge in [-0.05, 0) is 38.0 Å². The topological polar surface area (TPSA) is 66.4 Å². The molecular formula is C13H15NO3. The van der Waals surface area contributed by atoms with Crippen LogP contribution >= 0.6 is 0 Å². The monoisotopic (exact) mass is 233 g/mol. The van der Waals surface area contributed by atoms with Crippen molar-refractivity contribution in [1.29, 1.82) is 0 Å². The summed E-state index contributed by atoms with van der Waals surface area (Å²) in [5, 5.41) is 11.7. The lowest BCUT2D eigenvalue weighted by molar-refractivity contribution is -0.112. The summed E-state index contributed by atoms with van der Waals surface area (Å²) in [6, 6.07) is 3.35. The third kappa shape index (κ3) is 2.93. The van der Waals surface area contributed by atoms with Gasteiger partial charge in [0.1, 0.15) is 0 Å². The normalized spacial score (nSPS) is 9.82. The standard InChI is InChI=1S/C13H15NO3/c1-7(2)12(15)14-11-9(4)5-8(3)6-10(11)13(16)17/h5-6H,1H2,2-4H3,(H,14,15)(H,16,17). The SMILES string of the molecule is C=C(C)C(=O)Nc1c(C)cc(C)cc1C(=O)O. The second-order valence-electron chi connectivity index (χ2n) is 4.04. The van der Waals surface area contributed by atoms with Gasteiger partial charge in [0.05, 0.1) is 11.3 Å². The minimum absolute atomic E-state index is 0.0945. The number of carboxylic acid groups (broad SMARTS) is 1. The second-order valence-corrected chi connectivity index (χ2v) is 4.04. The van der Waals surface area contributed by atoms with Gasteiger partial charge < -0.3 is 10.4 Å². The molecule has 0 aliphatic rings. The quantitative estimate of drug-likeness (QED) is 0.788. The number of aryl methyl sites for hydroxylation is 2. The molecule has 4 nitrogen and oxygen atoms in total. The average Bonchev–Trinajstić information content (AvgIpc) is 2.20. The molecule has 2 N–H and O–H groups in total. The van der Waals surface area contributed by atoms with E-state index in [2.05, 4.69) is 11.9 Å². The van der Waals surface area contributed by atoms with Crippen LogP contribution in [0.3, 0.4) is 0 Å². The van der Waals surface area contributed by atoms with Gasteiger partial charge in [0.2, 0.25) is 0 Å². The molecule has 0 aromatic heterocycles. The first-order valence-electron chi connectivity index (χ1n) is 5.14. The molecule has 1 rings (SSSR count). The predicted octanol–water partition coefficient (Wildman–Crippen LogP) is 2.52. The Morgan fingerprint density at radius 3 is 2.35 bits per heavy atom. The van der Waals surface area contributed by atoms with Crippen LogP contribution in [0, 0.1) is 13.8 Å². The fraction of sp³-hybridized carbons (Fsp3) is 0.231. The second kappa shape index (κ2) is 4.82. The Kier molecular flexibility index (Phi) is 3.68. The van der Waals surface area contributed by atoms with Crippen molar-refractivity contribution in [3.05, 3.63) is 41.0 Å². The van der Waals surface area contributed by atoms with E-state index in [1.165, 1.54) is 6.07 Å². The molecule has 17 heavy (non-hydrogen) atoms. The molecule has 0 fully saturated rings. The van der Waals surface area contributed by atoms with E-state index in [9.17, 15) is 9.59 Å². The molecule has 4 heteroatoms. The smallest absolute Gasteiger partial charge is 0.337 e. The first-order chi connectivity index (χ1) is 7.82. The minimum Gasteiger partial charge on any atom is -0.478 e. The highest BCUT2D eigenvalue weighted by Crippen LogP contribution is 2.23. The van der Waals surface area contributed by atoms with Crippen LogP contribution in [0.25, 0.3) is 0 Å². The number of carbonyl (C=O) groups is 2. The van der Waals surface area contributed by atoms with Crippen molar-refractivity contribution in [3.63, 3.8) is 0 Å². The number of anilines is 1. The number of carboxylic acids is 1. The molecule has 0 spiro atoms. The van der Waals surface area contributed by atoms with E-state index in [1.807, 2.05) is 13.0 Å². The number of hydrogen-bond donors (Lipinski definition) is 2. The minimum atomic E-state index is -1.06. The summed E-state index contributed by atoms with van der Waals surface area (Å²) in [6.45, 7) is 8.65. The molecule has 0 saturated heterocycles. The lowest BCUT2D eigenvalue weighted by Crippen LogP contribution is -2.16. The number of aromatic carboxylic acids is 1. The van der Waals surface area contributed by atoms with Crippen molar-refractivity contribution in [3.8, 4) is 0 Å². The van der Waals surface area contributed by atoms with Crippen LogP contribution in [0.5, 0.6) is 0 Å². The van der Waals surface area contributed by atoms with Gasteiger partial charge in [0.15, 0.2) is 0 Å². The first-order valence-corrected chi connectivity index (χ1v) is 5.14. The third-order valence-electron chi connectivity index (χ3n) is 2.34. The highest BCUT2D eigenvalue weighted by Gasteiger charge is 2.15. The van der Waals surface area contributed by atoms with E-state index in [0.29, 0.717) is 11.3 Å². The number of benzene rings is 1. The van der Waals surface area contributed by atoms with E-state index in [1.54, 1.807) is 13.8 Å². The van der Waals surface area contributed by atoms with Crippen LogP contribution in [0.4, 0.5) is 5.69 Å². The van der Waals surface area contributed by atoms with Crippen LogP contribution in [-0.4, -0.2) is 17.0 Å². The van der Waals surface area contributed by atoms with Crippen LogP contribution in [-0.2, 0) is 4.79 Å². The Bertz CT molecular complexity index is 504. The number of rotatable bonds is 3. The summed E-state index contributed by atoms with van der Waals surface area (Å²) in [5.74, 6) is -1.44. The molecule has 1 amide bonds. The zero-order valence-corrected chi connectivity index (χ0v) is 10.1. The van der Waals surface area contributed by atoms with Crippen LogP contribution in [0.15, 0.2) is 24.3 Å². The lowest BCUT2D eigenvalue weighted by Gasteiger charge is -2.12. The average molecular weight is 233 g/mol. The van der Waals surface area contributed by atoms with Crippen molar-refractivity contribution in [1.82, 2.24) is 0 Å². The summed E-state index contributed by atoms with van der Waals surface area (Å²) < 4.78 is 0. The maximum atomic E-state index is 11.5. The van der Waals surface area contributed by atoms with Crippen molar-refractivity contribution < 1.29 is 14.7 Å². The fourth-order valence-electron chi connectivity index (χ4n) is 1.52. The maximum absolute atomic E-state index is 11.5. The fourth-order valence-corrected chi connectivity index (χ4v) is 1.52. The van der Waals surface area contributed by atoms with Gasteiger partial charge in [-0.25, -0.2) is 4.79 Å². The van der Waals surface area contributed by atoms with Gasteiger partial charge in [0.25, 0.3) is 5.91 Å². The summed E-state index contributed by atoms with van der Waals surface area (Å²) in [4.78, 5) is 22.6. The van der Waals surface area contributed by atoms with E-state index in [-0.39, 0.29) is 11.5 Å². The van der Waals surface area contributed by atoms with Gasteiger partial charge >= 0.3 is 5.97 Å². The van der Waals surface area contributed by atoms with Crippen molar-refractivity contribution in [2.45, 2.75) is 20.8 Å². The van der Waals surface area contributed by atoms with Crippen LogP contribution in [0.1, 0.15) is 28.4 Å². The molecule has 0 aliphatic heterocycles. The molecule has 0 bridgehead atoms. The Balaban J connectivity index is 3.26. The van der Waals surface area contributed by atoms with E-state index < -0.39 is 5.97 Å². The molecule has 1 aromatic carbocycles. The molecule has 0 heterocycles. The van der Waals surface area contributed by atoms with Gasteiger partial charge in [-0.15, -0.1) is 0 Å². The molecule has 0 saturated carbocycles. The Labute approximate surface area is 100.0 Å². The van der Waals surface area contributed by atoms with Crippen LogP contribution in [0.2, 0.25) is 0 Å². The van der Waals surface area contributed by atoms with Gasteiger partial charge in [-0.1, -0.05) is 12.6 Å². The molecule has 90 valence electrons. The summed E-state index contributed by atoms with van der Waals surface area (Å²) in [7, 11) is 0. The van der Waals surface area contributed by atoms with E-state index in [4.69, 9.17) is 5.11 Å². The molecule has 0 unspecified atom stereocenters. The van der Waals surface area contributed by atoms with Crippen molar-refractivity contribution in [2.75, 3.05) is 5.32 Å². The number of carbonyl (C=O) groups excluding carboxylic acids is 1. The maximum Gasteiger partial charge on any atom is 0.337 e.